The molecule has 60 valence electrons. The molecule has 1 aromatic heterocycles. The number of rotatable bonds is 4. The van der Waals surface area contributed by atoms with Crippen molar-refractivity contribution in [3.63, 3.8) is 0 Å². The molecule has 1 heterocycles. The molecule has 0 atom stereocenters. The first kappa shape index (κ1) is 8.17. The monoisotopic (exact) mass is 151 g/mol. The van der Waals surface area contributed by atoms with Gasteiger partial charge in [-0.15, -0.1) is 0 Å². The van der Waals surface area contributed by atoms with Crippen LogP contribution in [0.25, 0.3) is 0 Å². The molecule has 0 unspecified atom stereocenters. The number of hydrogen-bond acceptors (Lipinski definition) is 3. The molecule has 2 N–H and O–H groups in total. The molecule has 0 aliphatic carbocycles. The number of nitrogens with one attached hydrogen (secondary N) is 2. The molecule has 3 heteroatoms. The Hall–Kier alpha value is -0.930. The van der Waals surface area contributed by atoms with E-state index in [1.807, 2.05) is 19.2 Å². The van der Waals surface area contributed by atoms with E-state index in [1.54, 1.807) is 12.4 Å². The quantitative estimate of drug-likeness (QED) is 0.481. The van der Waals surface area contributed by atoms with Crippen molar-refractivity contribution in [2.45, 2.75) is 6.54 Å². The van der Waals surface area contributed by atoms with Gasteiger partial charge in [0, 0.05) is 25.6 Å². The smallest absolute Gasteiger partial charge is 0.0454 e. The lowest BCUT2D eigenvalue weighted by Gasteiger charge is -2.02. The van der Waals surface area contributed by atoms with Crippen molar-refractivity contribution in [1.29, 1.82) is 0 Å². The highest BCUT2D eigenvalue weighted by Gasteiger charge is 1.87. The second-order valence-electron chi connectivity index (χ2n) is 2.31. The summed E-state index contributed by atoms with van der Waals surface area (Å²) < 4.78 is 0. The highest BCUT2D eigenvalue weighted by Crippen LogP contribution is 1.93. The first-order chi connectivity index (χ1) is 5.43. The first-order valence-electron chi connectivity index (χ1n) is 3.67. The zero-order valence-electron chi connectivity index (χ0n) is 6.67. The maximum atomic E-state index is 3.93. The highest BCUT2D eigenvalue weighted by molar-refractivity contribution is 5.08. The average Bonchev–Trinajstić information content (AvgIpc) is 2.07. The summed E-state index contributed by atoms with van der Waals surface area (Å²) in [6.45, 7) is 1.73. The predicted octanol–water partition coefficient (Wildman–Crippen LogP) is 0.348. The van der Waals surface area contributed by atoms with Crippen LogP contribution in [0.5, 0.6) is 0 Å². The van der Waals surface area contributed by atoms with Crippen molar-refractivity contribution in [3.8, 4) is 0 Å². The molecule has 0 saturated carbocycles. The summed E-state index contributed by atoms with van der Waals surface area (Å²) in [4.78, 5) is 3.93. The summed E-state index contributed by atoms with van der Waals surface area (Å²) in [7, 11) is 1.92. The molecule has 0 aromatic carbocycles. The standard InChI is InChI=1S/C8H13N3/c1-9-7-11-6-8-2-4-10-5-3-8/h2-5,9,11H,6-7H2,1H3. The van der Waals surface area contributed by atoms with E-state index in [0.717, 1.165) is 13.2 Å². The Balaban J connectivity index is 2.28. The third-order valence-corrected chi connectivity index (χ3v) is 1.38. The van der Waals surface area contributed by atoms with E-state index in [9.17, 15) is 0 Å². The van der Waals surface area contributed by atoms with Crippen LogP contribution in [-0.4, -0.2) is 18.7 Å². The Bertz CT molecular complexity index is 186. The minimum Gasteiger partial charge on any atom is -0.308 e. The van der Waals surface area contributed by atoms with E-state index in [-0.39, 0.29) is 0 Å². The molecule has 11 heavy (non-hydrogen) atoms. The zero-order chi connectivity index (χ0) is 7.94. The van der Waals surface area contributed by atoms with E-state index in [4.69, 9.17) is 0 Å². The lowest BCUT2D eigenvalue weighted by atomic mass is 10.3. The molecule has 0 amide bonds. The second kappa shape index (κ2) is 4.82. The van der Waals surface area contributed by atoms with Gasteiger partial charge in [-0.25, -0.2) is 0 Å². The molecular weight excluding hydrogens is 138 g/mol. The molecule has 0 saturated heterocycles. The van der Waals surface area contributed by atoms with Crippen LogP contribution >= 0.6 is 0 Å². The number of nitrogens with zero attached hydrogens (tertiary/aromatic N) is 1. The van der Waals surface area contributed by atoms with Gasteiger partial charge in [-0.05, 0) is 24.7 Å². The molecule has 0 bridgehead atoms. The maximum Gasteiger partial charge on any atom is 0.0454 e. The van der Waals surface area contributed by atoms with Gasteiger partial charge in [-0.2, -0.15) is 0 Å². The van der Waals surface area contributed by atoms with Crippen LogP contribution in [0.2, 0.25) is 0 Å². The maximum absolute atomic E-state index is 3.93. The van der Waals surface area contributed by atoms with Gasteiger partial charge in [0.25, 0.3) is 0 Å². The number of pyridine rings is 1. The molecule has 0 aliphatic heterocycles. The Morgan fingerprint density at radius 1 is 1.36 bits per heavy atom. The van der Waals surface area contributed by atoms with Crippen LogP contribution < -0.4 is 10.6 Å². The molecule has 1 aromatic rings. The fraction of sp³-hybridized carbons (Fsp3) is 0.375. The predicted molar refractivity (Wildman–Crippen MR) is 45.0 cm³/mol. The summed E-state index contributed by atoms with van der Waals surface area (Å²) in [6.07, 6.45) is 3.60. The van der Waals surface area contributed by atoms with Crippen LogP contribution in [0.4, 0.5) is 0 Å². The molecule has 0 aliphatic rings. The van der Waals surface area contributed by atoms with Gasteiger partial charge in [0.05, 0.1) is 0 Å². The number of hydrogen-bond donors (Lipinski definition) is 2. The van der Waals surface area contributed by atoms with Crippen LogP contribution in [-0.2, 0) is 6.54 Å². The third-order valence-electron chi connectivity index (χ3n) is 1.38. The van der Waals surface area contributed by atoms with E-state index in [1.165, 1.54) is 5.56 Å². The fourth-order valence-electron chi connectivity index (χ4n) is 0.832. The van der Waals surface area contributed by atoms with Crippen molar-refractivity contribution >= 4 is 0 Å². The van der Waals surface area contributed by atoms with Crippen molar-refractivity contribution in [3.05, 3.63) is 30.1 Å². The van der Waals surface area contributed by atoms with Crippen LogP contribution in [0.15, 0.2) is 24.5 Å². The summed E-state index contributed by atoms with van der Waals surface area (Å²) in [5, 5.41) is 6.22. The van der Waals surface area contributed by atoms with E-state index in [2.05, 4.69) is 15.6 Å². The highest BCUT2D eigenvalue weighted by atomic mass is 15.0. The largest absolute Gasteiger partial charge is 0.308 e. The molecule has 1 rings (SSSR count). The van der Waals surface area contributed by atoms with Gasteiger partial charge < -0.3 is 10.6 Å². The van der Waals surface area contributed by atoms with E-state index in [0.29, 0.717) is 0 Å². The topological polar surface area (TPSA) is 37.0 Å². The lowest BCUT2D eigenvalue weighted by molar-refractivity contribution is 0.631. The summed E-state index contributed by atoms with van der Waals surface area (Å²) in [6, 6.07) is 4.01. The van der Waals surface area contributed by atoms with Gasteiger partial charge in [-0.1, -0.05) is 0 Å². The van der Waals surface area contributed by atoms with E-state index < -0.39 is 0 Å². The minimum atomic E-state index is 0.836. The SMILES string of the molecule is CNCNCc1ccncc1. The van der Waals surface area contributed by atoms with Crippen LogP contribution in [0.3, 0.4) is 0 Å². The van der Waals surface area contributed by atoms with Gasteiger partial charge in [-0.3, -0.25) is 4.98 Å². The number of aromatic nitrogens is 1. The van der Waals surface area contributed by atoms with Gasteiger partial charge in [0.15, 0.2) is 0 Å². The average molecular weight is 151 g/mol. The van der Waals surface area contributed by atoms with Crippen LogP contribution in [0.1, 0.15) is 5.56 Å². The van der Waals surface area contributed by atoms with E-state index >= 15 is 0 Å². The first-order valence-corrected chi connectivity index (χ1v) is 3.67. The molecule has 0 radical (unpaired) electrons. The summed E-state index contributed by atoms with van der Waals surface area (Å²) >= 11 is 0. The van der Waals surface area contributed by atoms with Crippen molar-refractivity contribution < 1.29 is 0 Å². The molecular formula is C8H13N3. The normalized spacial score (nSPS) is 9.91. The van der Waals surface area contributed by atoms with Crippen molar-refractivity contribution in [1.82, 2.24) is 15.6 Å². The van der Waals surface area contributed by atoms with Gasteiger partial charge in [0.2, 0.25) is 0 Å². The van der Waals surface area contributed by atoms with Gasteiger partial charge >= 0.3 is 0 Å². The minimum absolute atomic E-state index is 0.836. The second-order valence-corrected chi connectivity index (χ2v) is 2.31. The Morgan fingerprint density at radius 2 is 2.09 bits per heavy atom. The Labute approximate surface area is 66.8 Å². The molecule has 0 fully saturated rings. The fourth-order valence-corrected chi connectivity index (χ4v) is 0.832. The van der Waals surface area contributed by atoms with Crippen molar-refractivity contribution in [2.24, 2.45) is 0 Å². The van der Waals surface area contributed by atoms with Gasteiger partial charge in [0.1, 0.15) is 0 Å². The van der Waals surface area contributed by atoms with Crippen molar-refractivity contribution in [2.75, 3.05) is 13.7 Å². The third kappa shape index (κ3) is 3.11. The summed E-state index contributed by atoms with van der Waals surface area (Å²) in [5.74, 6) is 0. The molecule has 0 spiro atoms. The lowest BCUT2D eigenvalue weighted by Crippen LogP contribution is -2.25. The Kier molecular flexibility index (Phi) is 3.58. The Morgan fingerprint density at radius 3 is 2.73 bits per heavy atom. The zero-order valence-corrected chi connectivity index (χ0v) is 6.67. The van der Waals surface area contributed by atoms with Crippen LogP contribution in [0, 0.1) is 0 Å². The summed E-state index contributed by atoms with van der Waals surface area (Å²) in [5.41, 5.74) is 1.26. The molecule has 3 nitrogen and oxygen atoms in total.